The normalized spacial score (nSPS) is 11.6. The van der Waals surface area contributed by atoms with E-state index in [-0.39, 0.29) is 12.1 Å². The van der Waals surface area contributed by atoms with Crippen LogP contribution in [-0.2, 0) is 6.54 Å². The molecule has 7 heteroatoms. The molecule has 0 spiro atoms. The van der Waals surface area contributed by atoms with E-state index in [1.807, 2.05) is 23.6 Å². The fourth-order valence-electron chi connectivity index (χ4n) is 2.28. The molecule has 0 saturated heterocycles. The van der Waals surface area contributed by atoms with Gasteiger partial charge in [0, 0.05) is 6.54 Å². The average Bonchev–Trinajstić information content (AvgIpc) is 3.03. The molecule has 0 bridgehead atoms. The maximum atomic E-state index is 12.3. The van der Waals surface area contributed by atoms with Crippen LogP contribution < -0.4 is 15.4 Å². The van der Waals surface area contributed by atoms with Gasteiger partial charge in [0.25, 0.3) is 0 Å². The first-order chi connectivity index (χ1) is 11.7. The lowest BCUT2D eigenvalue weighted by Gasteiger charge is -2.16. The van der Waals surface area contributed by atoms with Gasteiger partial charge in [0.05, 0.1) is 11.7 Å². The zero-order valence-electron chi connectivity index (χ0n) is 14.0. The first-order valence-electron chi connectivity index (χ1n) is 7.93. The number of para-hydroxylation sites is 2. The molecule has 1 heterocycles. The summed E-state index contributed by atoms with van der Waals surface area (Å²) in [6, 6.07) is 6.65. The van der Waals surface area contributed by atoms with E-state index in [2.05, 4.69) is 34.3 Å². The standard InChI is InChI=1S/C17H23N5O2/c1-4-10-22-12-18-21-16(22)13(3)19-17(23)20-14-8-6-7-9-15(14)24-11-5-2/h5-9,12-13H,2,4,10-11H2,1,3H3,(H2,19,20,23)/t13-/m1/s1. The van der Waals surface area contributed by atoms with Gasteiger partial charge in [0.2, 0.25) is 0 Å². The predicted octanol–water partition coefficient (Wildman–Crippen LogP) is 3.14. The highest BCUT2D eigenvalue weighted by atomic mass is 16.5. The van der Waals surface area contributed by atoms with Crippen molar-refractivity contribution in [2.24, 2.45) is 0 Å². The maximum absolute atomic E-state index is 12.3. The number of aromatic nitrogens is 3. The van der Waals surface area contributed by atoms with E-state index in [1.54, 1.807) is 24.5 Å². The molecule has 1 atom stereocenters. The fraction of sp³-hybridized carbons (Fsp3) is 0.353. The van der Waals surface area contributed by atoms with Crippen LogP contribution in [-0.4, -0.2) is 27.4 Å². The highest BCUT2D eigenvalue weighted by molar-refractivity contribution is 5.91. The quantitative estimate of drug-likeness (QED) is 0.729. The SMILES string of the molecule is C=CCOc1ccccc1NC(=O)N[C@H](C)c1nncn1CCC. The number of nitrogens with zero attached hydrogens (tertiary/aromatic N) is 3. The molecule has 0 unspecified atom stereocenters. The Bertz CT molecular complexity index is 683. The highest BCUT2D eigenvalue weighted by Gasteiger charge is 2.16. The number of hydrogen-bond donors (Lipinski definition) is 2. The molecule has 1 aromatic heterocycles. The van der Waals surface area contributed by atoms with E-state index in [0.717, 1.165) is 18.8 Å². The first kappa shape index (κ1) is 17.5. The summed E-state index contributed by atoms with van der Waals surface area (Å²) < 4.78 is 7.47. The molecule has 2 N–H and O–H groups in total. The average molecular weight is 329 g/mol. The van der Waals surface area contributed by atoms with Crippen molar-refractivity contribution < 1.29 is 9.53 Å². The van der Waals surface area contributed by atoms with Crippen LogP contribution in [0.4, 0.5) is 10.5 Å². The van der Waals surface area contributed by atoms with Crippen LogP contribution in [0.1, 0.15) is 32.1 Å². The molecule has 2 aromatic rings. The Balaban J connectivity index is 2.00. The van der Waals surface area contributed by atoms with Gasteiger partial charge in [-0.3, -0.25) is 0 Å². The Hall–Kier alpha value is -2.83. The van der Waals surface area contributed by atoms with Gasteiger partial charge in [0.1, 0.15) is 18.7 Å². The number of aryl methyl sites for hydroxylation is 1. The van der Waals surface area contributed by atoms with Gasteiger partial charge < -0.3 is 19.9 Å². The topological polar surface area (TPSA) is 81.1 Å². The number of carbonyl (C=O) groups excluding carboxylic acids is 1. The summed E-state index contributed by atoms with van der Waals surface area (Å²) in [5, 5.41) is 13.7. The van der Waals surface area contributed by atoms with Gasteiger partial charge in [-0.1, -0.05) is 31.7 Å². The van der Waals surface area contributed by atoms with Crippen LogP contribution in [0.5, 0.6) is 5.75 Å². The first-order valence-corrected chi connectivity index (χ1v) is 7.93. The molecule has 128 valence electrons. The molecule has 2 rings (SSSR count). The molecule has 7 nitrogen and oxygen atoms in total. The third-order valence-electron chi connectivity index (χ3n) is 3.34. The van der Waals surface area contributed by atoms with Crippen LogP contribution in [0.3, 0.4) is 0 Å². The second-order valence-electron chi connectivity index (χ2n) is 5.30. The lowest BCUT2D eigenvalue weighted by molar-refractivity contribution is 0.248. The lowest BCUT2D eigenvalue weighted by Crippen LogP contribution is -2.32. The van der Waals surface area contributed by atoms with Crippen molar-refractivity contribution in [1.82, 2.24) is 20.1 Å². The van der Waals surface area contributed by atoms with E-state index in [1.165, 1.54) is 0 Å². The van der Waals surface area contributed by atoms with Gasteiger partial charge in [-0.05, 0) is 25.5 Å². The number of carbonyl (C=O) groups is 1. The number of nitrogens with one attached hydrogen (secondary N) is 2. The van der Waals surface area contributed by atoms with Crippen LogP contribution in [0, 0.1) is 0 Å². The van der Waals surface area contributed by atoms with E-state index in [9.17, 15) is 4.79 Å². The molecule has 1 aromatic carbocycles. The largest absolute Gasteiger partial charge is 0.487 e. The second-order valence-corrected chi connectivity index (χ2v) is 5.30. The zero-order chi connectivity index (χ0) is 17.4. The highest BCUT2D eigenvalue weighted by Crippen LogP contribution is 2.23. The van der Waals surface area contributed by atoms with E-state index in [0.29, 0.717) is 18.0 Å². The molecule has 24 heavy (non-hydrogen) atoms. The maximum Gasteiger partial charge on any atom is 0.319 e. The number of urea groups is 1. The smallest absolute Gasteiger partial charge is 0.319 e. The fourth-order valence-corrected chi connectivity index (χ4v) is 2.28. The number of anilines is 1. The Morgan fingerprint density at radius 2 is 2.25 bits per heavy atom. The molecule has 2 amide bonds. The van der Waals surface area contributed by atoms with Crippen molar-refractivity contribution in [2.45, 2.75) is 32.9 Å². The molecule has 0 fully saturated rings. The molecule has 0 aliphatic rings. The minimum Gasteiger partial charge on any atom is -0.487 e. The van der Waals surface area contributed by atoms with Crippen molar-refractivity contribution >= 4 is 11.7 Å². The minimum atomic E-state index is -0.330. The van der Waals surface area contributed by atoms with Gasteiger partial charge in [-0.2, -0.15) is 0 Å². The summed E-state index contributed by atoms with van der Waals surface area (Å²) in [5.74, 6) is 1.32. The third kappa shape index (κ3) is 4.58. The summed E-state index contributed by atoms with van der Waals surface area (Å²) in [5.41, 5.74) is 0.596. The summed E-state index contributed by atoms with van der Waals surface area (Å²) in [6.45, 7) is 8.75. The number of benzene rings is 1. The molecular formula is C17H23N5O2. The van der Waals surface area contributed by atoms with Crippen LogP contribution in [0.2, 0.25) is 0 Å². The van der Waals surface area contributed by atoms with Crippen molar-refractivity contribution in [1.29, 1.82) is 0 Å². The summed E-state index contributed by atoms with van der Waals surface area (Å²) in [7, 11) is 0. The van der Waals surface area contributed by atoms with Crippen LogP contribution in [0.15, 0.2) is 43.2 Å². The summed E-state index contributed by atoms with van der Waals surface area (Å²) in [6.07, 6.45) is 4.30. The van der Waals surface area contributed by atoms with Gasteiger partial charge in [-0.25, -0.2) is 4.79 Å². The van der Waals surface area contributed by atoms with Crippen LogP contribution in [0.25, 0.3) is 0 Å². The van der Waals surface area contributed by atoms with Crippen molar-refractivity contribution in [3.05, 3.63) is 49.1 Å². The molecule has 0 radical (unpaired) electrons. The lowest BCUT2D eigenvalue weighted by atomic mass is 10.3. The summed E-state index contributed by atoms with van der Waals surface area (Å²) >= 11 is 0. The Morgan fingerprint density at radius 3 is 3.00 bits per heavy atom. The Kier molecular flexibility index (Phi) is 6.36. The number of rotatable bonds is 8. The van der Waals surface area contributed by atoms with Gasteiger partial charge >= 0.3 is 6.03 Å². The van der Waals surface area contributed by atoms with Gasteiger partial charge in [-0.15, -0.1) is 10.2 Å². The van der Waals surface area contributed by atoms with Crippen molar-refractivity contribution in [3.63, 3.8) is 0 Å². The predicted molar refractivity (Wildman–Crippen MR) is 93.0 cm³/mol. The van der Waals surface area contributed by atoms with E-state index in [4.69, 9.17) is 4.74 Å². The molecule has 0 aliphatic heterocycles. The number of ether oxygens (including phenoxy) is 1. The van der Waals surface area contributed by atoms with E-state index < -0.39 is 0 Å². The zero-order valence-corrected chi connectivity index (χ0v) is 14.0. The second kappa shape index (κ2) is 8.71. The van der Waals surface area contributed by atoms with E-state index >= 15 is 0 Å². The molecular weight excluding hydrogens is 306 g/mol. The monoisotopic (exact) mass is 329 g/mol. The Labute approximate surface area is 141 Å². The minimum absolute atomic E-state index is 0.264. The summed E-state index contributed by atoms with van der Waals surface area (Å²) in [4.78, 5) is 12.3. The number of amides is 2. The van der Waals surface area contributed by atoms with Crippen molar-refractivity contribution in [2.75, 3.05) is 11.9 Å². The van der Waals surface area contributed by atoms with Crippen molar-refractivity contribution in [3.8, 4) is 5.75 Å². The Morgan fingerprint density at radius 1 is 1.46 bits per heavy atom. The molecule has 0 saturated carbocycles. The molecule has 0 aliphatic carbocycles. The third-order valence-corrected chi connectivity index (χ3v) is 3.34. The van der Waals surface area contributed by atoms with Crippen LogP contribution >= 0.6 is 0 Å². The number of hydrogen-bond acceptors (Lipinski definition) is 4. The van der Waals surface area contributed by atoms with Gasteiger partial charge in [0.15, 0.2) is 5.82 Å².